The van der Waals surface area contributed by atoms with E-state index in [-0.39, 0.29) is 67.1 Å². The van der Waals surface area contributed by atoms with Gasteiger partial charge in [-0.1, -0.05) is 6.92 Å². The number of alkyl halides is 3. The second-order valence-corrected chi connectivity index (χ2v) is 7.28. The van der Waals surface area contributed by atoms with Crippen molar-refractivity contribution >= 4 is 11.7 Å². The maximum atomic E-state index is 13.2. The second-order valence-electron chi connectivity index (χ2n) is 7.28. The maximum Gasteiger partial charge on any atom is 0.573 e. The first-order chi connectivity index (χ1) is 16.0. The van der Waals surface area contributed by atoms with Gasteiger partial charge in [0.25, 0.3) is 0 Å². The van der Waals surface area contributed by atoms with Gasteiger partial charge in [0.15, 0.2) is 5.78 Å². The van der Waals surface area contributed by atoms with Crippen molar-refractivity contribution in [2.24, 2.45) is 0 Å². The summed E-state index contributed by atoms with van der Waals surface area (Å²) in [6, 6.07) is 5.10. The van der Waals surface area contributed by atoms with Gasteiger partial charge >= 0.3 is 6.36 Å². The molecular formula is C23H26F3NO7. The largest absolute Gasteiger partial charge is 0.573 e. The zero-order valence-corrected chi connectivity index (χ0v) is 18.7. The van der Waals surface area contributed by atoms with Crippen LogP contribution in [0, 0.1) is 0 Å². The van der Waals surface area contributed by atoms with Gasteiger partial charge in [0.05, 0.1) is 25.2 Å². The summed E-state index contributed by atoms with van der Waals surface area (Å²) in [5, 5.41) is 30.1. The Balaban J connectivity index is 2.48. The van der Waals surface area contributed by atoms with Crippen LogP contribution in [0.1, 0.15) is 34.0 Å². The van der Waals surface area contributed by atoms with E-state index in [1.807, 2.05) is 0 Å². The SMILES string of the molecule is CCc1c(O)cc(O)c(C(=O)c2ccc(OC(F)(F)F)cc2)c1CC(=O)N(CCO)CCOC. The Morgan fingerprint density at radius 3 is 2.21 bits per heavy atom. The number of aromatic hydroxyl groups is 2. The molecule has 34 heavy (non-hydrogen) atoms. The number of rotatable bonds is 11. The van der Waals surface area contributed by atoms with Crippen molar-refractivity contribution in [2.75, 3.05) is 33.4 Å². The standard InChI is InChI=1S/C23H26F3NO7/c1-3-16-17(12-20(31)27(8-10-28)9-11-33-2)21(19(30)13-18(16)29)22(32)14-4-6-15(7-5-14)34-23(24,25)26/h4-7,13,28-30H,3,8-12H2,1-2H3. The van der Waals surface area contributed by atoms with Crippen LogP contribution < -0.4 is 4.74 Å². The summed E-state index contributed by atoms with van der Waals surface area (Å²) < 4.78 is 46.0. The number of nitrogens with zero attached hydrogens (tertiary/aromatic N) is 1. The van der Waals surface area contributed by atoms with Crippen molar-refractivity contribution < 1.29 is 47.6 Å². The lowest BCUT2D eigenvalue weighted by molar-refractivity contribution is -0.274. The molecule has 0 heterocycles. The van der Waals surface area contributed by atoms with Crippen molar-refractivity contribution in [3.63, 3.8) is 0 Å². The van der Waals surface area contributed by atoms with Crippen molar-refractivity contribution in [2.45, 2.75) is 26.1 Å². The minimum absolute atomic E-state index is 0.0123. The molecule has 0 aliphatic carbocycles. The van der Waals surface area contributed by atoms with Gasteiger partial charge in [-0.25, -0.2) is 0 Å². The normalized spacial score (nSPS) is 11.4. The smallest absolute Gasteiger partial charge is 0.508 e. The van der Waals surface area contributed by atoms with Crippen LogP contribution in [0.5, 0.6) is 17.2 Å². The summed E-state index contributed by atoms with van der Waals surface area (Å²) in [6.07, 6.45) is -5.04. The number of aliphatic hydroxyl groups excluding tert-OH is 1. The number of phenolic OH excluding ortho intramolecular Hbond substituents is 2. The number of ether oxygens (including phenoxy) is 2. The van der Waals surface area contributed by atoms with Gasteiger partial charge in [-0.2, -0.15) is 0 Å². The van der Waals surface area contributed by atoms with Crippen LogP contribution in [0.15, 0.2) is 30.3 Å². The van der Waals surface area contributed by atoms with E-state index in [4.69, 9.17) is 4.74 Å². The molecular weight excluding hydrogens is 459 g/mol. The van der Waals surface area contributed by atoms with Crippen LogP contribution in [0.2, 0.25) is 0 Å². The molecule has 0 saturated heterocycles. The Kier molecular flexibility index (Phi) is 9.28. The van der Waals surface area contributed by atoms with E-state index in [0.717, 1.165) is 30.3 Å². The number of aliphatic hydroxyl groups is 1. The Bertz CT molecular complexity index is 1010. The molecule has 0 aliphatic heterocycles. The van der Waals surface area contributed by atoms with Crippen LogP contribution in [0.3, 0.4) is 0 Å². The molecule has 2 aromatic rings. The summed E-state index contributed by atoms with van der Waals surface area (Å²) in [6.45, 7) is 1.77. The van der Waals surface area contributed by atoms with E-state index in [0.29, 0.717) is 0 Å². The van der Waals surface area contributed by atoms with Crippen molar-refractivity contribution in [1.29, 1.82) is 0 Å². The Morgan fingerprint density at radius 1 is 1.03 bits per heavy atom. The first-order valence-electron chi connectivity index (χ1n) is 10.4. The third-order valence-electron chi connectivity index (χ3n) is 5.05. The summed E-state index contributed by atoms with van der Waals surface area (Å²) >= 11 is 0. The van der Waals surface area contributed by atoms with E-state index in [1.54, 1.807) is 6.92 Å². The van der Waals surface area contributed by atoms with Gasteiger partial charge in [0.2, 0.25) is 5.91 Å². The highest BCUT2D eigenvalue weighted by Crippen LogP contribution is 2.35. The zero-order valence-electron chi connectivity index (χ0n) is 18.7. The highest BCUT2D eigenvalue weighted by molar-refractivity contribution is 6.12. The van der Waals surface area contributed by atoms with Crippen LogP contribution in [-0.4, -0.2) is 71.7 Å². The van der Waals surface area contributed by atoms with Gasteiger partial charge in [0, 0.05) is 31.8 Å². The lowest BCUT2D eigenvalue weighted by atomic mass is 9.89. The molecule has 0 saturated carbocycles. The van der Waals surface area contributed by atoms with Gasteiger partial charge in [0.1, 0.15) is 17.2 Å². The number of ketones is 1. The molecule has 0 bridgehead atoms. The fraction of sp³-hybridized carbons (Fsp3) is 0.391. The monoisotopic (exact) mass is 485 g/mol. The minimum Gasteiger partial charge on any atom is -0.508 e. The average Bonchev–Trinajstić information content (AvgIpc) is 2.75. The maximum absolute atomic E-state index is 13.2. The quantitative estimate of drug-likeness (QED) is 0.419. The van der Waals surface area contributed by atoms with Crippen molar-refractivity contribution in [3.8, 4) is 17.2 Å². The van der Waals surface area contributed by atoms with E-state index >= 15 is 0 Å². The highest BCUT2D eigenvalue weighted by atomic mass is 19.4. The van der Waals surface area contributed by atoms with E-state index in [9.17, 15) is 38.1 Å². The lowest BCUT2D eigenvalue weighted by Crippen LogP contribution is -2.37. The molecule has 0 atom stereocenters. The number of carbonyl (C=O) groups excluding carboxylic acids is 2. The molecule has 0 spiro atoms. The predicted molar refractivity (Wildman–Crippen MR) is 115 cm³/mol. The third-order valence-corrected chi connectivity index (χ3v) is 5.05. The summed E-state index contributed by atoms with van der Waals surface area (Å²) in [4.78, 5) is 27.5. The van der Waals surface area contributed by atoms with Crippen LogP contribution in [0.25, 0.3) is 0 Å². The molecule has 2 rings (SSSR count). The molecule has 8 nitrogen and oxygen atoms in total. The molecule has 11 heteroatoms. The van der Waals surface area contributed by atoms with Gasteiger partial charge in [-0.05, 0) is 41.8 Å². The molecule has 0 unspecified atom stereocenters. The number of methoxy groups -OCH3 is 1. The lowest BCUT2D eigenvalue weighted by Gasteiger charge is -2.23. The second kappa shape index (κ2) is 11.7. The van der Waals surface area contributed by atoms with Crippen LogP contribution in [-0.2, 0) is 22.4 Å². The summed E-state index contributed by atoms with van der Waals surface area (Å²) in [5.74, 6) is -2.64. The molecule has 2 aromatic carbocycles. The number of halogens is 3. The first kappa shape index (κ1) is 26.9. The Hall–Kier alpha value is -3.31. The number of phenols is 2. The summed E-state index contributed by atoms with van der Waals surface area (Å²) in [7, 11) is 1.45. The number of carbonyl (C=O) groups is 2. The van der Waals surface area contributed by atoms with Gasteiger partial charge in [-0.3, -0.25) is 9.59 Å². The molecule has 3 N–H and O–H groups in total. The van der Waals surface area contributed by atoms with Crippen LogP contribution in [0.4, 0.5) is 13.2 Å². The summed E-state index contributed by atoms with van der Waals surface area (Å²) in [5.41, 5.74) is 0.0502. The molecule has 0 aliphatic rings. The molecule has 186 valence electrons. The first-order valence-corrected chi connectivity index (χ1v) is 10.4. The third kappa shape index (κ3) is 6.84. The predicted octanol–water partition coefficient (Wildman–Crippen LogP) is 2.80. The number of benzene rings is 2. The zero-order chi connectivity index (χ0) is 25.5. The molecule has 0 radical (unpaired) electrons. The minimum atomic E-state index is -4.90. The van der Waals surface area contributed by atoms with E-state index in [2.05, 4.69) is 4.74 Å². The average molecular weight is 485 g/mol. The Labute approximate surface area is 194 Å². The Morgan fingerprint density at radius 2 is 1.68 bits per heavy atom. The van der Waals surface area contributed by atoms with Crippen LogP contribution >= 0.6 is 0 Å². The fourth-order valence-corrected chi connectivity index (χ4v) is 3.49. The highest BCUT2D eigenvalue weighted by Gasteiger charge is 2.31. The van der Waals surface area contributed by atoms with E-state index < -0.39 is 29.6 Å². The van der Waals surface area contributed by atoms with Crippen molar-refractivity contribution in [1.82, 2.24) is 4.90 Å². The van der Waals surface area contributed by atoms with Gasteiger partial charge in [-0.15, -0.1) is 13.2 Å². The number of hydrogen-bond donors (Lipinski definition) is 3. The van der Waals surface area contributed by atoms with Gasteiger partial charge < -0.3 is 29.7 Å². The topological polar surface area (TPSA) is 117 Å². The number of hydrogen-bond acceptors (Lipinski definition) is 7. The molecule has 0 aromatic heterocycles. The van der Waals surface area contributed by atoms with Crippen molar-refractivity contribution in [3.05, 3.63) is 52.6 Å². The molecule has 1 amide bonds. The van der Waals surface area contributed by atoms with E-state index in [1.165, 1.54) is 12.0 Å². The fourth-order valence-electron chi connectivity index (χ4n) is 3.49. The molecule has 0 fully saturated rings. The number of amides is 1.